The first-order valence-electron chi connectivity index (χ1n) is 10.7. The zero-order valence-corrected chi connectivity index (χ0v) is 18.6. The van der Waals surface area contributed by atoms with Gasteiger partial charge in [0.25, 0.3) is 11.8 Å². The number of amides is 2. The molecule has 0 saturated carbocycles. The highest BCUT2D eigenvalue weighted by molar-refractivity contribution is 6.12. The molecular formula is C26H21N3O5. The highest BCUT2D eigenvalue weighted by Crippen LogP contribution is 2.30. The molecule has 3 heterocycles. The average molecular weight is 455 g/mol. The fourth-order valence-electron chi connectivity index (χ4n) is 4.07. The standard InChI is InChI=1S/C26H21N3O5/c1-26(15-24(31)28-23-5-3-4-12-29(23)26)25(32)27-17-8-6-16(7-9-17)22-14-20(30)19-13-18(33-2)10-11-21(19)34-22/h3-14H,15H2,1-2H3,(H,27,32). The number of anilines is 1. The molecule has 34 heavy (non-hydrogen) atoms. The van der Waals surface area contributed by atoms with Crippen LogP contribution in [0.3, 0.4) is 0 Å². The molecule has 0 spiro atoms. The summed E-state index contributed by atoms with van der Waals surface area (Å²) < 4.78 is 11.1. The number of nitrogens with zero attached hydrogens (tertiary/aromatic N) is 2. The zero-order valence-electron chi connectivity index (χ0n) is 18.6. The molecule has 1 atom stereocenters. The minimum atomic E-state index is -1.11. The lowest BCUT2D eigenvalue weighted by Gasteiger charge is -2.41. The van der Waals surface area contributed by atoms with Crippen molar-refractivity contribution < 1.29 is 18.7 Å². The van der Waals surface area contributed by atoms with Gasteiger partial charge < -0.3 is 19.4 Å². The van der Waals surface area contributed by atoms with Crippen LogP contribution >= 0.6 is 0 Å². The minimum absolute atomic E-state index is 0.0361. The maximum Gasteiger partial charge on any atom is 0.250 e. The van der Waals surface area contributed by atoms with Gasteiger partial charge >= 0.3 is 0 Å². The first-order chi connectivity index (χ1) is 16.4. The Bertz CT molecular complexity index is 1470. The predicted octanol–water partition coefficient (Wildman–Crippen LogP) is 3.88. The summed E-state index contributed by atoms with van der Waals surface area (Å²) in [6.45, 7) is 1.71. The molecule has 1 aromatic heterocycles. The van der Waals surface area contributed by atoms with E-state index in [0.29, 0.717) is 39.6 Å². The summed E-state index contributed by atoms with van der Waals surface area (Å²) in [7, 11) is 1.54. The molecule has 0 aliphatic carbocycles. The van der Waals surface area contributed by atoms with Gasteiger partial charge in [0.1, 0.15) is 28.5 Å². The largest absolute Gasteiger partial charge is 0.497 e. The van der Waals surface area contributed by atoms with Gasteiger partial charge in [0, 0.05) is 23.5 Å². The zero-order chi connectivity index (χ0) is 23.9. The fourth-order valence-corrected chi connectivity index (χ4v) is 4.07. The number of ether oxygens (including phenoxy) is 1. The third-order valence-corrected chi connectivity index (χ3v) is 5.96. The monoisotopic (exact) mass is 455 g/mol. The molecule has 2 aliphatic heterocycles. The summed E-state index contributed by atoms with van der Waals surface area (Å²) in [5, 5.41) is 3.32. The highest BCUT2D eigenvalue weighted by Gasteiger charge is 2.45. The number of carbonyl (C=O) groups excluding carboxylic acids is 2. The number of rotatable bonds is 4. The number of allylic oxidation sites excluding steroid dienone is 2. The van der Waals surface area contributed by atoms with Crippen molar-refractivity contribution >= 4 is 34.3 Å². The first-order valence-corrected chi connectivity index (χ1v) is 10.7. The van der Waals surface area contributed by atoms with Crippen LogP contribution in [-0.4, -0.2) is 35.2 Å². The number of hydrogen-bond acceptors (Lipinski definition) is 6. The van der Waals surface area contributed by atoms with E-state index in [4.69, 9.17) is 9.15 Å². The van der Waals surface area contributed by atoms with Crippen LogP contribution in [0.4, 0.5) is 5.69 Å². The van der Waals surface area contributed by atoms with Gasteiger partial charge in [0.15, 0.2) is 5.43 Å². The SMILES string of the molecule is COc1ccc2oc(-c3ccc(NC(=O)C4(C)CC(=O)N=C5C=CC=CN54)cc3)cc(=O)c2c1. The van der Waals surface area contributed by atoms with Gasteiger partial charge in [-0.25, -0.2) is 0 Å². The number of fused-ring (bicyclic) bond motifs is 2. The van der Waals surface area contributed by atoms with Crippen molar-refractivity contribution in [2.24, 2.45) is 4.99 Å². The maximum absolute atomic E-state index is 13.2. The van der Waals surface area contributed by atoms with Crippen molar-refractivity contribution in [3.05, 3.63) is 83.2 Å². The number of aliphatic imine (C=N–C) groups is 1. The average Bonchev–Trinajstić information content (AvgIpc) is 2.84. The van der Waals surface area contributed by atoms with E-state index in [9.17, 15) is 14.4 Å². The van der Waals surface area contributed by atoms with E-state index in [-0.39, 0.29) is 23.7 Å². The van der Waals surface area contributed by atoms with E-state index in [1.54, 1.807) is 78.7 Å². The van der Waals surface area contributed by atoms with Crippen molar-refractivity contribution in [2.75, 3.05) is 12.4 Å². The second kappa shape index (κ2) is 8.15. The Morgan fingerprint density at radius 1 is 1.12 bits per heavy atom. The van der Waals surface area contributed by atoms with Crippen molar-refractivity contribution in [3.63, 3.8) is 0 Å². The summed E-state index contributed by atoms with van der Waals surface area (Å²) in [6.07, 6.45) is 6.97. The molecule has 2 aromatic carbocycles. The molecule has 0 radical (unpaired) electrons. The van der Waals surface area contributed by atoms with Crippen molar-refractivity contribution in [1.29, 1.82) is 0 Å². The van der Waals surface area contributed by atoms with Gasteiger partial charge in [-0.15, -0.1) is 0 Å². The summed E-state index contributed by atoms with van der Waals surface area (Å²) >= 11 is 0. The molecule has 1 unspecified atom stereocenters. The van der Waals surface area contributed by atoms with Crippen LogP contribution in [0.5, 0.6) is 5.75 Å². The van der Waals surface area contributed by atoms with Gasteiger partial charge in [-0.1, -0.05) is 6.08 Å². The summed E-state index contributed by atoms with van der Waals surface area (Å²) in [5.74, 6) is 0.762. The Morgan fingerprint density at radius 2 is 1.91 bits per heavy atom. The Hall–Kier alpha value is -4.46. The van der Waals surface area contributed by atoms with Gasteiger partial charge in [-0.05, 0) is 61.5 Å². The minimum Gasteiger partial charge on any atom is -0.497 e. The Balaban J connectivity index is 1.39. The summed E-state index contributed by atoms with van der Waals surface area (Å²) in [5.41, 5.74) is 0.404. The van der Waals surface area contributed by atoms with E-state index in [1.807, 2.05) is 0 Å². The molecule has 0 bridgehead atoms. The quantitative estimate of drug-likeness (QED) is 0.641. The molecule has 5 rings (SSSR count). The number of nitrogens with one attached hydrogen (secondary N) is 1. The molecule has 1 N–H and O–H groups in total. The van der Waals surface area contributed by atoms with E-state index in [0.717, 1.165) is 0 Å². The van der Waals surface area contributed by atoms with Crippen molar-refractivity contribution in [3.8, 4) is 17.1 Å². The van der Waals surface area contributed by atoms with Crippen LogP contribution in [-0.2, 0) is 9.59 Å². The number of amidine groups is 1. The smallest absolute Gasteiger partial charge is 0.250 e. The molecule has 0 saturated heterocycles. The van der Waals surface area contributed by atoms with Crippen LogP contribution in [0.2, 0.25) is 0 Å². The number of hydrogen-bond donors (Lipinski definition) is 1. The molecule has 8 heteroatoms. The van der Waals surface area contributed by atoms with Gasteiger partial charge in [0.2, 0.25) is 0 Å². The van der Waals surface area contributed by atoms with Crippen molar-refractivity contribution in [2.45, 2.75) is 18.9 Å². The van der Waals surface area contributed by atoms with Crippen LogP contribution < -0.4 is 15.5 Å². The van der Waals surface area contributed by atoms with Gasteiger partial charge in [-0.2, -0.15) is 4.99 Å². The van der Waals surface area contributed by atoms with Crippen LogP contribution in [0.15, 0.2) is 87.2 Å². The third kappa shape index (κ3) is 3.69. The lowest BCUT2D eigenvalue weighted by Crippen LogP contribution is -2.58. The number of carbonyl (C=O) groups is 2. The maximum atomic E-state index is 13.2. The molecule has 3 aromatic rings. The van der Waals surface area contributed by atoms with Crippen molar-refractivity contribution in [1.82, 2.24) is 4.90 Å². The second-order valence-corrected chi connectivity index (χ2v) is 8.25. The highest BCUT2D eigenvalue weighted by atomic mass is 16.5. The van der Waals surface area contributed by atoms with Gasteiger partial charge in [0.05, 0.1) is 18.9 Å². The predicted molar refractivity (Wildman–Crippen MR) is 129 cm³/mol. The molecule has 2 amide bonds. The van der Waals surface area contributed by atoms with Crippen LogP contribution in [0, 0.1) is 0 Å². The molecular weight excluding hydrogens is 434 g/mol. The van der Waals surface area contributed by atoms with E-state index >= 15 is 0 Å². The molecule has 8 nitrogen and oxygen atoms in total. The number of methoxy groups -OCH3 is 1. The Morgan fingerprint density at radius 3 is 2.68 bits per heavy atom. The molecule has 2 aliphatic rings. The van der Waals surface area contributed by atoms with E-state index in [1.165, 1.54) is 13.2 Å². The number of benzene rings is 2. The van der Waals surface area contributed by atoms with Crippen LogP contribution in [0.1, 0.15) is 13.3 Å². The normalized spacial score (nSPS) is 19.1. The summed E-state index contributed by atoms with van der Waals surface area (Å²) in [6, 6.07) is 13.5. The van der Waals surface area contributed by atoms with E-state index in [2.05, 4.69) is 10.3 Å². The lowest BCUT2D eigenvalue weighted by molar-refractivity contribution is -0.130. The van der Waals surface area contributed by atoms with Crippen LogP contribution in [0.25, 0.3) is 22.3 Å². The third-order valence-electron chi connectivity index (χ3n) is 5.96. The second-order valence-electron chi connectivity index (χ2n) is 8.25. The Labute approximate surface area is 194 Å². The topological polar surface area (TPSA) is 101 Å². The van der Waals surface area contributed by atoms with E-state index < -0.39 is 5.54 Å². The molecule has 170 valence electrons. The first kappa shape index (κ1) is 21.4. The molecule has 0 fully saturated rings. The summed E-state index contributed by atoms with van der Waals surface area (Å²) in [4.78, 5) is 43.7. The fraction of sp³-hybridized carbons (Fsp3) is 0.154. The Kier molecular flexibility index (Phi) is 5.13. The lowest BCUT2D eigenvalue weighted by atomic mass is 9.91. The van der Waals surface area contributed by atoms with Gasteiger partial charge in [-0.3, -0.25) is 14.4 Å².